The third-order valence-electron chi connectivity index (χ3n) is 4.44. The molecule has 1 amide bonds. The van der Waals surface area contributed by atoms with Crippen LogP contribution in [0.1, 0.15) is 71.1 Å². The monoisotopic (exact) mass is 374 g/mol. The van der Waals surface area contributed by atoms with E-state index in [-0.39, 0.29) is 11.7 Å². The molecule has 2 aromatic rings. The second-order valence-electron chi connectivity index (χ2n) is 6.68. The molecule has 142 valence electrons. The van der Waals surface area contributed by atoms with E-state index in [4.69, 9.17) is 0 Å². The van der Waals surface area contributed by atoms with Gasteiger partial charge >= 0.3 is 0 Å². The van der Waals surface area contributed by atoms with Gasteiger partial charge in [-0.25, -0.2) is 4.98 Å². The van der Waals surface area contributed by atoms with E-state index in [2.05, 4.69) is 17.2 Å². The SMILES string of the molecule is CCCCCCCCCCCC(=O)Nc1nc(-c2ccccc2O)cs1. The molecule has 0 radical (unpaired) electrons. The number of thiazole rings is 1. The molecule has 2 rings (SSSR count). The number of phenols is 1. The minimum Gasteiger partial charge on any atom is -0.507 e. The third-order valence-corrected chi connectivity index (χ3v) is 5.20. The Morgan fingerprint density at radius 3 is 2.38 bits per heavy atom. The number of carbonyl (C=O) groups is 1. The molecule has 1 aromatic carbocycles. The first-order valence-corrected chi connectivity index (χ1v) is 10.6. The average Bonchev–Trinajstić information content (AvgIpc) is 3.09. The van der Waals surface area contributed by atoms with Crippen molar-refractivity contribution in [1.82, 2.24) is 4.98 Å². The highest BCUT2D eigenvalue weighted by molar-refractivity contribution is 7.14. The van der Waals surface area contributed by atoms with Crippen LogP contribution in [-0.4, -0.2) is 16.0 Å². The lowest BCUT2D eigenvalue weighted by Gasteiger charge is -2.03. The van der Waals surface area contributed by atoms with E-state index in [1.807, 2.05) is 17.5 Å². The molecule has 1 heterocycles. The lowest BCUT2D eigenvalue weighted by molar-refractivity contribution is -0.116. The molecule has 26 heavy (non-hydrogen) atoms. The second-order valence-corrected chi connectivity index (χ2v) is 7.54. The van der Waals surface area contributed by atoms with E-state index in [9.17, 15) is 9.90 Å². The highest BCUT2D eigenvalue weighted by atomic mass is 32.1. The summed E-state index contributed by atoms with van der Waals surface area (Å²) in [6.45, 7) is 2.24. The van der Waals surface area contributed by atoms with Gasteiger partial charge in [0.1, 0.15) is 5.75 Å². The molecule has 0 spiro atoms. The number of hydrogen-bond acceptors (Lipinski definition) is 4. The van der Waals surface area contributed by atoms with Crippen LogP contribution in [0.15, 0.2) is 29.6 Å². The maximum Gasteiger partial charge on any atom is 0.226 e. The van der Waals surface area contributed by atoms with Gasteiger partial charge in [0.25, 0.3) is 0 Å². The molecule has 0 aliphatic rings. The van der Waals surface area contributed by atoms with Crippen molar-refractivity contribution in [2.24, 2.45) is 0 Å². The fourth-order valence-electron chi connectivity index (χ4n) is 2.92. The minimum atomic E-state index is 0.0196. The normalized spacial score (nSPS) is 10.8. The van der Waals surface area contributed by atoms with Crippen LogP contribution in [0, 0.1) is 0 Å². The van der Waals surface area contributed by atoms with Crippen molar-refractivity contribution in [3.05, 3.63) is 29.6 Å². The number of aromatic nitrogens is 1. The maximum absolute atomic E-state index is 12.0. The largest absolute Gasteiger partial charge is 0.507 e. The average molecular weight is 375 g/mol. The second kappa shape index (κ2) is 11.7. The first-order valence-electron chi connectivity index (χ1n) is 9.74. The molecule has 0 saturated carbocycles. The summed E-state index contributed by atoms with van der Waals surface area (Å²) in [4.78, 5) is 16.4. The molecule has 0 saturated heterocycles. The van der Waals surface area contributed by atoms with Gasteiger partial charge in [0.15, 0.2) is 5.13 Å². The van der Waals surface area contributed by atoms with E-state index >= 15 is 0 Å². The highest BCUT2D eigenvalue weighted by Gasteiger charge is 2.10. The van der Waals surface area contributed by atoms with E-state index in [1.54, 1.807) is 12.1 Å². The lowest BCUT2D eigenvalue weighted by Crippen LogP contribution is -2.10. The number of anilines is 1. The molecule has 0 aliphatic carbocycles. The maximum atomic E-state index is 12.0. The van der Waals surface area contributed by atoms with Crippen LogP contribution in [-0.2, 0) is 4.79 Å². The molecule has 4 nitrogen and oxygen atoms in total. The predicted molar refractivity (Wildman–Crippen MR) is 110 cm³/mol. The van der Waals surface area contributed by atoms with E-state index in [0.717, 1.165) is 12.8 Å². The minimum absolute atomic E-state index is 0.0196. The number of para-hydroxylation sites is 1. The molecular formula is C21H30N2O2S. The van der Waals surface area contributed by atoms with Crippen LogP contribution in [0.3, 0.4) is 0 Å². The number of amides is 1. The zero-order valence-electron chi connectivity index (χ0n) is 15.7. The van der Waals surface area contributed by atoms with Gasteiger partial charge in [0.05, 0.1) is 5.69 Å². The van der Waals surface area contributed by atoms with Crippen molar-refractivity contribution < 1.29 is 9.90 Å². The van der Waals surface area contributed by atoms with Gasteiger partial charge in [-0.2, -0.15) is 0 Å². The van der Waals surface area contributed by atoms with E-state index < -0.39 is 0 Å². The Morgan fingerprint density at radius 1 is 1.04 bits per heavy atom. The summed E-state index contributed by atoms with van der Waals surface area (Å²) in [6, 6.07) is 7.09. The van der Waals surface area contributed by atoms with Crippen LogP contribution >= 0.6 is 11.3 Å². The predicted octanol–water partition coefficient (Wildman–Crippen LogP) is 6.38. The van der Waals surface area contributed by atoms with Crippen molar-refractivity contribution in [3.8, 4) is 17.0 Å². The van der Waals surface area contributed by atoms with Crippen LogP contribution in [0.5, 0.6) is 5.75 Å². The molecule has 1 aromatic heterocycles. The van der Waals surface area contributed by atoms with Crippen molar-refractivity contribution >= 4 is 22.4 Å². The summed E-state index contributed by atoms with van der Waals surface area (Å²) in [5.41, 5.74) is 1.37. The number of unbranched alkanes of at least 4 members (excludes halogenated alkanes) is 8. The molecule has 0 aliphatic heterocycles. The Hall–Kier alpha value is -1.88. The number of aromatic hydroxyl groups is 1. The van der Waals surface area contributed by atoms with Crippen molar-refractivity contribution in [2.45, 2.75) is 71.1 Å². The van der Waals surface area contributed by atoms with Crippen LogP contribution in [0.25, 0.3) is 11.3 Å². The molecular weight excluding hydrogens is 344 g/mol. The summed E-state index contributed by atoms with van der Waals surface area (Å²) in [5, 5.41) is 15.2. The molecule has 0 fully saturated rings. The summed E-state index contributed by atoms with van der Waals surface area (Å²) in [6.07, 6.45) is 11.7. The number of nitrogens with zero attached hydrogens (tertiary/aromatic N) is 1. The molecule has 0 atom stereocenters. The van der Waals surface area contributed by atoms with E-state index in [0.29, 0.717) is 22.8 Å². The zero-order valence-corrected chi connectivity index (χ0v) is 16.5. The van der Waals surface area contributed by atoms with E-state index in [1.165, 1.54) is 56.3 Å². The Labute approximate surface area is 160 Å². The topological polar surface area (TPSA) is 62.2 Å². The van der Waals surface area contributed by atoms with Crippen molar-refractivity contribution in [1.29, 1.82) is 0 Å². The number of phenolic OH excluding ortho intramolecular Hbond substituents is 1. The van der Waals surface area contributed by atoms with Gasteiger partial charge in [0, 0.05) is 17.4 Å². The quantitative estimate of drug-likeness (QED) is 0.424. The van der Waals surface area contributed by atoms with Gasteiger partial charge < -0.3 is 10.4 Å². The summed E-state index contributed by atoms with van der Waals surface area (Å²) >= 11 is 1.38. The van der Waals surface area contributed by atoms with Gasteiger partial charge in [-0.15, -0.1) is 11.3 Å². The molecule has 5 heteroatoms. The number of rotatable bonds is 12. The van der Waals surface area contributed by atoms with Crippen LogP contribution in [0.2, 0.25) is 0 Å². The van der Waals surface area contributed by atoms with Crippen LogP contribution < -0.4 is 5.32 Å². The van der Waals surface area contributed by atoms with Crippen molar-refractivity contribution in [2.75, 3.05) is 5.32 Å². The van der Waals surface area contributed by atoms with Crippen LogP contribution in [0.4, 0.5) is 5.13 Å². The number of benzene rings is 1. The molecule has 0 bridgehead atoms. The number of carbonyl (C=O) groups excluding carboxylic acids is 1. The number of nitrogens with one attached hydrogen (secondary N) is 1. The zero-order chi connectivity index (χ0) is 18.6. The van der Waals surface area contributed by atoms with Crippen molar-refractivity contribution in [3.63, 3.8) is 0 Å². The highest BCUT2D eigenvalue weighted by Crippen LogP contribution is 2.31. The fraction of sp³-hybridized carbons (Fsp3) is 0.524. The smallest absolute Gasteiger partial charge is 0.226 e. The van der Waals surface area contributed by atoms with Gasteiger partial charge in [-0.1, -0.05) is 70.4 Å². The Bertz CT molecular complexity index is 670. The first kappa shape index (κ1) is 20.4. The third kappa shape index (κ3) is 7.16. The Morgan fingerprint density at radius 2 is 1.69 bits per heavy atom. The summed E-state index contributed by atoms with van der Waals surface area (Å²) in [7, 11) is 0. The Balaban J connectivity index is 1.62. The first-order chi connectivity index (χ1) is 12.7. The lowest BCUT2D eigenvalue weighted by atomic mass is 10.1. The van der Waals surface area contributed by atoms with Gasteiger partial charge in [-0.05, 0) is 18.6 Å². The van der Waals surface area contributed by atoms with Gasteiger partial charge in [0.2, 0.25) is 5.91 Å². The number of hydrogen-bond donors (Lipinski definition) is 2. The van der Waals surface area contributed by atoms with Gasteiger partial charge in [-0.3, -0.25) is 4.79 Å². The Kier molecular flexibility index (Phi) is 9.18. The summed E-state index contributed by atoms with van der Waals surface area (Å²) < 4.78 is 0. The fourth-order valence-corrected chi connectivity index (χ4v) is 3.65. The molecule has 0 unspecified atom stereocenters. The molecule has 2 N–H and O–H groups in total. The summed E-state index contributed by atoms with van der Waals surface area (Å²) in [5.74, 6) is 0.219. The standard InChI is InChI=1S/C21H30N2O2S/c1-2-3-4-5-6-7-8-9-10-15-20(25)23-21-22-18(16-26-21)17-13-11-12-14-19(17)24/h11-14,16,24H,2-10,15H2,1H3,(H,22,23,25).